The molecule has 0 radical (unpaired) electrons. The Bertz CT molecular complexity index is 4310. The largest absolute Gasteiger partial charge is 0.478 e. The first-order valence-electron chi connectivity index (χ1n) is 31.3. The van der Waals surface area contributed by atoms with Crippen LogP contribution in [0.1, 0.15) is 132 Å². The smallest absolute Gasteiger partial charge is 0.416 e. The lowest BCUT2D eigenvalue weighted by Crippen LogP contribution is -2.29. The Labute approximate surface area is 579 Å². The van der Waals surface area contributed by atoms with E-state index < -0.39 is 49.3 Å². The van der Waals surface area contributed by atoms with E-state index in [0.29, 0.717) is 52.0 Å². The number of nitro benzene ring substituents is 4. The minimum absolute atomic E-state index is 0.00733. The second-order valence-electron chi connectivity index (χ2n) is 21.4. The Kier molecular flexibility index (Phi) is 31.9. The fraction of sp³-hybridized carbons (Fsp3) is 0.246. The topological polar surface area (TPSA) is 451 Å². The Hall–Kier alpha value is -12.8. The van der Waals surface area contributed by atoms with Crippen molar-refractivity contribution >= 4 is 52.1 Å². The average Bonchev–Trinajstić information content (AvgIpc) is 1.12. The van der Waals surface area contributed by atoms with Gasteiger partial charge in [-0.15, -0.1) is 30.6 Å². The molecule has 0 saturated heterocycles. The van der Waals surface area contributed by atoms with Gasteiger partial charge in [0.05, 0.1) is 43.0 Å². The summed E-state index contributed by atoms with van der Waals surface area (Å²) in [6, 6.07) is 40.8. The molecule has 10 rings (SSSR count). The predicted octanol–water partition coefficient (Wildman–Crippen LogP) is 14.4. The lowest BCUT2D eigenvalue weighted by atomic mass is 9.98. The minimum Gasteiger partial charge on any atom is -0.478 e. The Morgan fingerprint density at radius 1 is 0.490 bits per heavy atom. The van der Waals surface area contributed by atoms with Gasteiger partial charge in [-0.05, 0) is 128 Å². The van der Waals surface area contributed by atoms with Crippen molar-refractivity contribution in [2.75, 3.05) is 12.3 Å². The molecule has 0 aliphatic rings. The third-order valence-corrected chi connectivity index (χ3v) is 13.8. The number of benzene rings is 7. The van der Waals surface area contributed by atoms with Gasteiger partial charge in [0.2, 0.25) is 35.3 Å². The van der Waals surface area contributed by atoms with Crippen molar-refractivity contribution in [1.29, 1.82) is 0 Å². The Balaban J connectivity index is 0.000000227. The highest BCUT2D eigenvalue weighted by Gasteiger charge is 2.33. The van der Waals surface area contributed by atoms with Gasteiger partial charge >= 0.3 is 18.1 Å². The number of nitrogens with zero attached hydrogens (tertiary/aromatic N) is 10. The number of nitrogens with one attached hydrogen (secondary N) is 1. The normalized spacial score (nSPS) is 10.4. The van der Waals surface area contributed by atoms with E-state index in [0.717, 1.165) is 92.8 Å². The molecule has 0 aliphatic carbocycles. The van der Waals surface area contributed by atoms with Gasteiger partial charge in [0.15, 0.2) is 0 Å². The molecule has 0 fully saturated rings. The number of amides is 1. The number of hydrogen-bond donors (Lipinski definition) is 4. The van der Waals surface area contributed by atoms with Crippen molar-refractivity contribution in [3.05, 3.63) is 261 Å². The highest BCUT2D eigenvalue weighted by molar-refractivity contribution is 5.94. The molecule has 3 aromatic heterocycles. The number of aryl methyl sites for hydroxylation is 3. The minimum atomic E-state index is -4.47. The maximum atomic E-state index is 13.1. The summed E-state index contributed by atoms with van der Waals surface area (Å²) < 4.78 is 60.6. The number of esters is 1. The molecule has 0 bridgehead atoms. The van der Waals surface area contributed by atoms with Crippen molar-refractivity contribution in [3.8, 4) is 34.4 Å². The van der Waals surface area contributed by atoms with Gasteiger partial charge < -0.3 is 28.8 Å². The van der Waals surface area contributed by atoms with Gasteiger partial charge in [-0.3, -0.25) is 55.5 Å². The summed E-state index contributed by atoms with van der Waals surface area (Å²) in [5, 5.41) is 73.6. The van der Waals surface area contributed by atoms with Crippen LogP contribution in [0.2, 0.25) is 0 Å². The van der Waals surface area contributed by atoms with Crippen LogP contribution in [0.15, 0.2) is 183 Å². The number of carbonyl (C=O) groups is 4. The number of unbranched alkanes of at least 4 members (excludes halogenated alkanes) is 3. The van der Waals surface area contributed by atoms with Crippen LogP contribution in [0.25, 0.3) is 34.4 Å². The van der Waals surface area contributed by atoms with E-state index in [4.69, 9.17) is 34.7 Å². The van der Waals surface area contributed by atoms with Crippen LogP contribution in [0.4, 0.5) is 41.6 Å². The molecule has 33 heteroatoms. The average molecular weight is 1410 g/mol. The molecule has 30 nitrogen and oxygen atoms in total. The number of non-ortho nitro benzene ring substituents is 4. The molecule has 0 atom stereocenters. The maximum Gasteiger partial charge on any atom is 0.416 e. The Morgan fingerprint density at radius 2 is 0.843 bits per heavy atom. The quantitative estimate of drug-likeness (QED) is 0.0109. The molecular formula is C69H70F3N13O17. The van der Waals surface area contributed by atoms with Crippen molar-refractivity contribution in [2.24, 2.45) is 5.84 Å². The number of ether oxygens (including phenoxy) is 1. The molecule has 3 heterocycles. The van der Waals surface area contributed by atoms with Crippen LogP contribution in [-0.2, 0) is 47.8 Å². The lowest BCUT2D eigenvalue weighted by Gasteiger charge is -2.12. The molecule has 7 aromatic carbocycles. The van der Waals surface area contributed by atoms with Gasteiger partial charge in [-0.1, -0.05) is 70.4 Å². The standard InChI is InChI=1S/C22H21F3N2O2.C12H13N3O3.C12H15N3O.C9H9NO4.C7H7N3O3.C7H5NO4/c1-2-3-8-20-26-27-21(29-20)16-11-9-15(10-12-16)13-18(28)14-17-6-4-5-7-19(17)22(23,24)25;1-2-3-4-11-13-14-12(18-11)9-5-7-10(8-6-9)15(16)17;1-2-3-4-11-14-15-12(16-11)9-5-7-10(13)8-6-9;1-2-14-9(11)7-3-5-8(6-4-7)10(12)13;8-9-7(11)5-1-3-6(4-2-5)10(12)13;9-7(10)5-1-3-6(4-2-5)8(11)12/h4-7,9-12H,2-3,8,13-14H2,1H3;5-8H,2-4H2,1H3;5-8H,2-4,13H2,1H3;3-6H,2H2,1H3;1-4H,8H2,(H,9,11);1-4H,(H,9,10). The number of carbonyl (C=O) groups excluding carboxylic acids is 3. The highest BCUT2D eigenvalue weighted by atomic mass is 19.4. The zero-order valence-corrected chi connectivity index (χ0v) is 55.4. The van der Waals surface area contributed by atoms with E-state index in [9.17, 15) is 72.8 Å². The van der Waals surface area contributed by atoms with E-state index in [1.165, 1.54) is 91.0 Å². The SMILES string of the molecule is CCCCc1nnc(-c2ccc(CC(=O)Cc3ccccc3C(F)(F)F)cc2)o1.CCCCc1nnc(-c2ccc(N)cc2)o1.CCCCc1nnc(-c2ccc([N+](=O)[O-])cc2)o1.CCOC(=O)c1ccc([N+](=O)[O-])cc1.NNC(=O)c1ccc([N+](=O)[O-])cc1.O=C(O)c1ccc([N+](=O)[O-])cc1. The van der Waals surface area contributed by atoms with Crippen LogP contribution in [-0.4, -0.2) is 85.6 Å². The second-order valence-corrected chi connectivity index (χ2v) is 21.4. The van der Waals surface area contributed by atoms with Gasteiger partial charge in [-0.2, -0.15) is 13.2 Å². The number of nitro groups is 4. The predicted molar refractivity (Wildman–Crippen MR) is 364 cm³/mol. The summed E-state index contributed by atoms with van der Waals surface area (Å²) in [6.45, 7) is 8.29. The number of Topliss-reactive ketones (excluding diaryl/α,β-unsaturated/α-hetero) is 1. The molecule has 6 N–H and O–H groups in total. The van der Waals surface area contributed by atoms with E-state index in [-0.39, 0.29) is 64.7 Å². The molecule has 0 aliphatic heterocycles. The van der Waals surface area contributed by atoms with E-state index >= 15 is 0 Å². The summed E-state index contributed by atoms with van der Waals surface area (Å²) in [5.41, 5.74) is 11.0. The fourth-order valence-electron chi connectivity index (χ4n) is 8.45. The van der Waals surface area contributed by atoms with E-state index in [2.05, 4.69) is 51.4 Å². The number of carboxylic acid groups (broad SMARTS) is 1. The van der Waals surface area contributed by atoms with E-state index in [1.54, 1.807) is 43.3 Å². The number of hydrazine groups is 1. The number of rotatable bonds is 24. The van der Waals surface area contributed by atoms with Crippen molar-refractivity contribution in [3.63, 3.8) is 0 Å². The number of halogens is 3. The van der Waals surface area contributed by atoms with E-state index in [1.807, 2.05) is 29.7 Å². The summed E-state index contributed by atoms with van der Waals surface area (Å²) in [6.07, 6.45) is 3.93. The van der Waals surface area contributed by atoms with Gasteiger partial charge in [0.25, 0.3) is 28.7 Å². The molecule has 1 amide bonds. The third kappa shape index (κ3) is 26.6. The monoisotopic (exact) mass is 1410 g/mol. The second kappa shape index (κ2) is 40.8. The number of alkyl halides is 3. The first kappa shape index (κ1) is 79.9. The number of aromatic carboxylic acids is 1. The number of hydrogen-bond acceptors (Lipinski definition) is 24. The number of carboxylic acids is 1. The van der Waals surface area contributed by atoms with Crippen LogP contribution >= 0.6 is 0 Å². The van der Waals surface area contributed by atoms with Crippen molar-refractivity contribution in [2.45, 2.75) is 105 Å². The highest BCUT2D eigenvalue weighted by Crippen LogP contribution is 2.33. The molecule has 0 spiro atoms. The molecular weight excluding hydrogens is 1340 g/mol. The molecule has 102 heavy (non-hydrogen) atoms. The van der Waals surface area contributed by atoms with Crippen LogP contribution in [0, 0.1) is 40.5 Å². The zero-order valence-electron chi connectivity index (χ0n) is 55.4. The summed E-state index contributed by atoms with van der Waals surface area (Å²) >= 11 is 0. The summed E-state index contributed by atoms with van der Waals surface area (Å²) in [5.74, 6) is 5.81. The van der Waals surface area contributed by atoms with Crippen LogP contribution in [0.3, 0.4) is 0 Å². The van der Waals surface area contributed by atoms with Crippen LogP contribution in [0.5, 0.6) is 0 Å². The Morgan fingerprint density at radius 3 is 1.20 bits per heavy atom. The first-order valence-corrected chi connectivity index (χ1v) is 31.3. The molecule has 534 valence electrons. The zero-order chi connectivity index (χ0) is 74.7. The molecule has 0 saturated carbocycles. The third-order valence-electron chi connectivity index (χ3n) is 13.8. The van der Waals surface area contributed by atoms with Crippen molar-refractivity contribution < 1.29 is 75.1 Å². The van der Waals surface area contributed by atoms with Crippen LogP contribution < -0.4 is 17.0 Å². The molecule has 10 aromatic rings. The summed E-state index contributed by atoms with van der Waals surface area (Å²) in [7, 11) is 0. The number of aromatic nitrogens is 6. The first-order chi connectivity index (χ1) is 48.8. The number of anilines is 1. The number of ketones is 1. The number of nitrogens with two attached hydrogens (primary N) is 2. The molecule has 0 unspecified atom stereocenters. The van der Waals surface area contributed by atoms with Gasteiger partial charge in [0, 0.05) is 109 Å². The maximum absolute atomic E-state index is 13.1. The van der Waals surface area contributed by atoms with Crippen molar-refractivity contribution in [1.82, 2.24) is 36.0 Å². The fourth-order valence-corrected chi connectivity index (χ4v) is 8.45. The summed E-state index contributed by atoms with van der Waals surface area (Å²) in [4.78, 5) is 83.8. The number of nitrogen functional groups attached to an aromatic ring is 2. The van der Waals surface area contributed by atoms with Gasteiger partial charge in [0.1, 0.15) is 5.78 Å². The van der Waals surface area contributed by atoms with Gasteiger partial charge in [-0.25, -0.2) is 15.4 Å². The lowest BCUT2D eigenvalue weighted by molar-refractivity contribution is -0.385.